The highest BCUT2D eigenvalue weighted by Gasteiger charge is 2.21. The molecule has 0 spiro atoms. The molecular weight excluding hydrogens is 294 g/mol. The lowest BCUT2D eigenvalue weighted by Gasteiger charge is -2.29. The van der Waals surface area contributed by atoms with Crippen molar-refractivity contribution < 1.29 is 9.53 Å². The predicted octanol–water partition coefficient (Wildman–Crippen LogP) is 3.25. The van der Waals surface area contributed by atoms with Crippen LogP contribution in [-0.2, 0) is 17.8 Å². The van der Waals surface area contributed by atoms with Gasteiger partial charge in [0, 0.05) is 18.0 Å². The molecule has 0 N–H and O–H groups in total. The first-order chi connectivity index (χ1) is 10.6. The summed E-state index contributed by atoms with van der Waals surface area (Å²) in [5, 5.41) is 0. The van der Waals surface area contributed by atoms with Crippen LogP contribution in [0.25, 0.3) is 0 Å². The minimum absolute atomic E-state index is 0.0239. The number of thiol groups is 1. The van der Waals surface area contributed by atoms with Crippen molar-refractivity contribution in [1.29, 1.82) is 0 Å². The van der Waals surface area contributed by atoms with Crippen LogP contribution in [0.2, 0.25) is 0 Å². The highest BCUT2D eigenvalue weighted by atomic mass is 32.1. The molecule has 2 aromatic rings. The minimum atomic E-state index is 0.0239. The van der Waals surface area contributed by atoms with Gasteiger partial charge >= 0.3 is 0 Å². The Bertz CT molecular complexity index is 682. The molecule has 3 nitrogen and oxygen atoms in total. The Morgan fingerprint density at radius 1 is 1.18 bits per heavy atom. The monoisotopic (exact) mass is 313 g/mol. The summed E-state index contributed by atoms with van der Waals surface area (Å²) in [7, 11) is 0. The summed E-state index contributed by atoms with van der Waals surface area (Å²) in [5.41, 5.74) is 3.66. The minimum Gasteiger partial charge on any atom is -0.484 e. The molecular formula is C18H19NO2S. The van der Waals surface area contributed by atoms with Crippen molar-refractivity contribution in [2.45, 2.75) is 24.8 Å². The van der Waals surface area contributed by atoms with E-state index in [0.29, 0.717) is 6.54 Å². The van der Waals surface area contributed by atoms with Gasteiger partial charge in [-0.2, -0.15) is 0 Å². The maximum absolute atomic E-state index is 12.3. The second-order valence-corrected chi connectivity index (χ2v) is 6.14. The van der Waals surface area contributed by atoms with Crippen LogP contribution in [0.15, 0.2) is 47.4 Å². The van der Waals surface area contributed by atoms with Gasteiger partial charge in [-0.1, -0.05) is 23.8 Å². The molecule has 22 heavy (non-hydrogen) atoms. The Balaban J connectivity index is 1.60. The Hall–Kier alpha value is -1.94. The van der Waals surface area contributed by atoms with E-state index in [1.165, 1.54) is 16.7 Å². The lowest BCUT2D eigenvalue weighted by Crippen LogP contribution is -2.38. The van der Waals surface area contributed by atoms with E-state index >= 15 is 0 Å². The molecule has 1 heterocycles. The molecule has 1 aliphatic heterocycles. The van der Waals surface area contributed by atoms with Gasteiger partial charge in [-0.15, -0.1) is 12.6 Å². The van der Waals surface area contributed by atoms with Crippen molar-refractivity contribution in [3.05, 3.63) is 59.2 Å². The first-order valence-corrected chi connectivity index (χ1v) is 7.84. The van der Waals surface area contributed by atoms with Crippen LogP contribution in [0, 0.1) is 6.92 Å². The number of hydrogen-bond acceptors (Lipinski definition) is 3. The molecule has 1 amide bonds. The van der Waals surface area contributed by atoms with Gasteiger partial charge in [0.15, 0.2) is 6.61 Å². The number of ether oxygens (including phenoxy) is 1. The Kier molecular flexibility index (Phi) is 4.39. The predicted molar refractivity (Wildman–Crippen MR) is 89.5 cm³/mol. The first kappa shape index (κ1) is 15.0. The van der Waals surface area contributed by atoms with E-state index in [9.17, 15) is 4.79 Å². The number of carbonyl (C=O) groups excluding carboxylic acids is 1. The second-order valence-electron chi connectivity index (χ2n) is 5.62. The number of carbonyl (C=O) groups is 1. The number of hydrogen-bond donors (Lipinski definition) is 1. The highest BCUT2D eigenvalue weighted by molar-refractivity contribution is 7.80. The van der Waals surface area contributed by atoms with Gasteiger partial charge in [0.25, 0.3) is 5.91 Å². The van der Waals surface area contributed by atoms with E-state index in [1.54, 1.807) is 0 Å². The summed E-state index contributed by atoms with van der Waals surface area (Å²) in [4.78, 5) is 15.1. The summed E-state index contributed by atoms with van der Waals surface area (Å²) in [5.74, 6) is 0.754. The number of aryl methyl sites for hydroxylation is 1. The number of nitrogens with zero attached hydrogens (tertiary/aromatic N) is 1. The van der Waals surface area contributed by atoms with Gasteiger partial charge in [0.05, 0.1) is 0 Å². The van der Waals surface area contributed by atoms with Crippen LogP contribution in [0.4, 0.5) is 0 Å². The van der Waals surface area contributed by atoms with Crippen LogP contribution < -0.4 is 4.74 Å². The summed E-state index contributed by atoms with van der Waals surface area (Å²) in [6, 6.07) is 13.9. The standard InChI is InChI=1S/C18H19NO2S/c1-13-2-5-16(6-3-13)21-12-18(20)19-9-8-14-4-7-17(22)10-15(14)11-19/h2-7,10,22H,8-9,11-12H2,1H3. The van der Waals surface area contributed by atoms with Crippen molar-refractivity contribution in [1.82, 2.24) is 4.90 Å². The van der Waals surface area contributed by atoms with Crippen molar-refractivity contribution in [2.75, 3.05) is 13.2 Å². The number of amides is 1. The molecule has 0 bridgehead atoms. The van der Waals surface area contributed by atoms with Crippen LogP contribution in [0.1, 0.15) is 16.7 Å². The normalized spacial score (nSPS) is 13.6. The van der Waals surface area contributed by atoms with Gasteiger partial charge in [-0.3, -0.25) is 4.79 Å². The molecule has 114 valence electrons. The fraction of sp³-hybridized carbons (Fsp3) is 0.278. The summed E-state index contributed by atoms with van der Waals surface area (Å²) in [6.45, 7) is 3.49. The highest BCUT2D eigenvalue weighted by Crippen LogP contribution is 2.22. The van der Waals surface area contributed by atoms with E-state index in [2.05, 4.69) is 18.7 Å². The third-order valence-electron chi connectivity index (χ3n) is 3.94. The maximum Gasteiger partial charge on any atom is 0.260 e. The Morgan fingerprint density at radius 2 is 1.95 bits per heavy atom. The maximum atomic E-state index is 12.3. The molecule has 1 aliphatic rings. The van der Waals surface area contributed by atoms with Crippen LogP contribution in [0.3, 0.4) is 0 Å². The van der Waals surface area contributed by atoms with Gasteiger partial charge in [0.2, 0.25) is 0 Å². The van der Waals surface area contributed by atoms with E-state index < -0.39 is 0 Å². The van der Waals surface area contributed by atoms with Crippen LogP contribution >= 0.6 is 12.6 Å². The largest absolute Gasteiger partial charge is 0.484 e. The zero-order chi connectivity index (χ0) is 15.5. The molecule has 4 heteroatoms. The second kappa shape index (κ2) is 6.44. The molecule has 2 aromatic carbocycles. The van der Waals surface area contributed by atoms with Crippen molar-refractivity contribution in [2.24, 2.45) is 0 Å². The lowest BCUT2D eigenvalue weighted by atomic mass is 10.00. The molecule has 3 rings (SSSR count). The molecule has 0 atom stereocenters. The van der Waals surface area contributed by atoms with E-state index in [1.807, 2.05) is 48.2 Å². The summed E-state index contributed by atoms with van der Waals surface area (Å²) >= 11 is 4.37. The average Bonchev–Trinajstić information content (AvgIpc) is 2.53. The average molecular weight is 313 g/mol. The lowest BCUT2D eigenvalue weighted by molar-refractivity contribution is -0.134. The third-order valence-corrected chi connectivity index (χ3v) is 4.22. The van der Waals surface area contributed by atoms with E-state index in [4.69, 9.17) is 4.74 Å². The van der Waals surface area contributed by atoms with E-state index in [0.717, 1.165) is 23.6 Å². The third kappa shape index (κ3) is 3.45. The molecule has 0 unspecified atom stereocenters. The van der Waals surface area contributed by atoms with Gasteiger partial charge in [0.1, 0.15) is 5.75 Å². The quantitative estimate of drug-likeness (QED) is 0.882. The summed E-state index contributed by atoms with van der Waals surface area (Å²) < 4.78 is 5.58. The topological polar surface area (TPSA) is 29.5 Å². The molecule has 0 aromatic heterocycles. The number of rotatable bonds is 3. The van der Waals surface area contributed by atoms with Crippen molar-refractivity contribution in [3.8, 4) is 5.75 Å². The van der Waals surface area contributed by atoms with Crippen molar-refractivity contribution >= 4 is 18.5 Å². The molecule has 0 aliphatic carbocycles. The van der Waals surface area contributed by atoms with E-state index in [-0.39, 0.29) is 12.5 Å². The van der Waals surface area contributed by atoms with Crippen LogP contribution in [0.5, 0.6) is 5.75 Å². The fourth-order valence-electron chi connectivity index (χ4n) is 2.63. The van der Waals surface area contributed by atoms with Gasteiger partial charge in [-0.05, 0) is 48.7 Å². The summed E-state index contributed by atoms with van der Waals surface area (Å²) in [6.07, 6.45) is 0.889. The van der Waals surface area contributed by atoms with Crippen molar-refractivity contribution in [3.63, 3.8) is 0 Å². The number of benzene rings is 2. The molecule has 0 saturated heterocycles. The first-order valence-electron chi connectivity index (χ1n) is 7.40. The fourth-order valence-corrected chi connectivity index (χ4v) is 2.86. The zero-order valence-corrected chi connectivity index (χ0v) is 13.5. The molecule has 0 saturated carbocycles. The number of fused-ring (bicyclic) bond motifs is 1. The Morgan fingerprint density at radius 3 is 2.73 bits per heavy atom. The zero-order valence-electron chi connectivity index (χ0n) is 12.6. The smallest absolute Gasteiger partial charge is 0.260 e. The molecule has 0 radical (unpaired) electrons. The van der Waals surface area contributed by atoms with Gasteiger partial charge < -0.3 is 9.64 Å². The molecule has 0 fully saturated rings. The Labute approximate surface area is 136 Å². The SMILES string of the molecule is Cc1ccc(OCC(=O)N2CCc3ccc(S)cc3C2)cc1. The van der Waals surface area contributed by atoms with Crippen LogP contribution in [-0.4, -0.2) is 24.0 Å². The van der Waals surface area contributed by atoms with Gasteiger partial charge in [-0.25, -0.2) is 0 Å².